The van der Waals surface area contributed by atoms with E-state index in [0.29, 0.717) is 38.9 Å². The van der Waals surface area contributed by atoms with Crippen molar-refractivity contribution in [2.75, 3.05) is 32.7 Å². The lowest BCUT2D eigenvalue weighted by molar-refractivity contribution is -0.120. The Morgan fingerprint density at radius 2 is 2.04 bits per heavy atom. The van der Waals surface area contributed by atoms with Crippen LogP contribution >= 0.6 is 0 Å². The molecule has 0 saturated carbocycles. The van der Waals surface area contributed by atoms with E-state index in [9.17, 15) is 18.3 Å². The first-order chi connectivity index (χ1) is 13.3. The minimum Gasteiger partial charge on any atom is -0.389 e. The number of pyridine rings is 1. The molecule has 2 fully saturated rings. The lowest BCUT2D eigenvalue weighted by Gasteiger charge is -2.38. The molecule has 1 amide bonds. The first-order valence-electron chi connectivity index (χ1n) is 9.91. The van der Waals surface area contributed by atoms with E-state index in [1.54, 1.807) is 18.3 Å². The molecule has 9 heteroatoms. The number of likely N-dealkylation sites (tertiary alicyclic amines) is 1. The molecule has 2 aliphatic rings. The molecule has 0 aliphatic carbocycles. The zero-order chi connectivity index (χ0) is 20.2. The summed E-state index contributed by atoms with van der Waals surface area (Å²) < 4.78 is 27.1. The Balaban J connectivity index is 1.56. The van der Waals surface area contributed by atoms with Crippen LogP contribution in [-0.2, 0) is 14.8 Å². The number of sulfonamides is 1. The summed E-state index contributed by atoms with van der Waals surface area (Å²) in [4.78, 5) is 17.5. The number of hydrogen-bond acceptors (Lipinski definition) is 6. The monoisotopic (exact) mass is 410 g/mol. The Labute approximate surface area is 167 Å². The Bertz CT molecular complexity index is 765. The predicted octanol–water partition coefficient (Wildman–Crippen LogP) is 0.588. The van der Waals surface area contributed by atoms with Crippen LogP contribution in [0.15, 0.2) is 29.4 Å². The van der Waals surface area contributed by atoms with Gasteiger partial charge in [0.1, 0.15) is 4.90 Å². The molecule has 28 heavy (non-hydrogen) atoms. The van der Waals surface area contributed by atoms with Crippen LogP contribution < -0.4 is 5.32 Å². The molecule has 1 aromatic heterocycles. The predicted molar refractivity (Wildman–Crippen MR) is 105 cm³/mol. The minimum atomic E-state index is -3.58. The number of aliphatic hydroxyl groups is 1. The number of nitrogens with zero attached hydrogens (tertiary/aromatic N) is 3. The minimum absolute atomic E-state index is 0.00392. The van der Waals surface area contributed by atoms with Crippen molar-refractivity contribution in [1.82, 2.24) is 19.5 Å². The topological polar surface area (TPSA) is 103 Å². The van der Waals surface area contributed by atoms with Gasteiger partial charge in [0.25, 0.3) is 0 Å². The third kappa shape index (κ3) is 5.28. The number of piperidine rings is 1. The van der Waals surface area contributed by atoms with Crippen molar-refractivity contribution in [2.45, 2.75) is 55.6 Å². The summed E-state index contributed by atoms with van der Waals surface area (Å²) >= 11 is 0. The van der Waals surface area contributed by atoms with E-state index in [4.69, 9.17) is 0 Å². The molecule has 1 aromatic rings. The number of β-amino-alcohol motifs (C(OH)–C–C–N with tert-alkyl or cyclic N) is 1. The van der Waals surface area contributed by atoms with Crippen molar-refractivity contribution in [1.29, 1.82) is 0 Å². The van der Waals surface area contributed by atoms with Crippen LogP contribution in [0, 0.1) is 0 Å². The summed E-state index contributed by atoms with van der Waals surface area (Å²) in [5.41, 5.74) is -0.889. The largest absolute Gasteiger partial charge is 0.389 e. The van der Waals surface area contributed by atoms with Gasteiger partial charge in [-0.25, -0.2) is 8.42 Å². The molecule has 2 N–H and O–H groups in total. The number of rotatable bonds is 5. The van der Waals surface area contributed by atoms with Gasteiger partial charge < -0.3 is 15.3 Å². The molecule has 0 unspecified atom stereocenters. The number of hydrogen-bond donors (Lipinski definition) is 2. The van der Waals surface area contributed by atoms with E-state index < -0.39 is 15.6 Å². The van der Waals surface area contributed by atoms with Gasteiger partial charge in [-0.3, -0.25) is 9.78 Å². The molecule has 8 nitrogen and oxygen atoms in total. The normalized spacial score (nSPS) is 25.9. The summed E-state index contributed by atoms with van der Waals surface area (Å²) in [6.45, 7) is 4.43. The first kappa shape index (κ1) is 21.2. The van der Waals surface area contributed by atoms with Crippen molar-refractivity contribution in [2.24, 2.45) is 0 Å². The third-order valence-corrected chi connectivity index (χ3v) is 7.54. The first-order valence-corrected chi connectivity index (χ1v) is 11.3. The van der Waals surface area contributed by atoms with Gasteiger partial charge in [-0.05, 0) is 44.2 Å². The fourth-order valence-electron chi connectivity index (χ4n) is 4.14. The zero-order valence-electron chi connectivity index (χ0n) is 16.4. The van der Waals surface area contributed by atoms with Crippen LogP contribution in [0.25, 0.3) is 0 Å². The fourth-order valence-corrected chi connectivity index (χ4v) is 5.58. The summed E-state index contributed by atoms with van der Waals surface area (Å²) in [6, 6.07) is 3.38. The number of aromatic nitrogens is 1. The Morgan fingerprint density at radius 1 is 1.29 bits per heavy atom. The van der Waals surface area contributed by atoms with Crippen LogP contribution in [-0.4, -0.2) is 78.0 Å². The van der Waals surface area contributed by atoms with Crippen LogP contribution in [0.3, 0.4) is 0 Å². The van der Waals surface area contributed by atoms with Crippen LogP contribution in [0.5, 0.6) is 0 Å². The number of nitrogens with one attached hydrogen (secondary N) is 1. The third-order valence-electron chi connectivity index (χ3n) is 5.66. The molecule has 3 rings (SSSR count). The number of amides is 1. The van der Waals surface area contributed by atoms with Gasteiger partial charge in [-0.15, -0.1) is 0 Å². The smallest absolute Gasteiger partial charge is 0.244 e. The van der Waals surface area contributed by atoms with Crippen LogP contribution in [0.1, 0.15) is 39.0 Å². The van der Waals surface area contributed by atoms with E-state index in [1.165, 1.54) is 17.4 Å². The van der Waals surface area contributed by atoms with Crippen LogP contribution in [0.2, 0.25) is 0 Å². The van der Waals surface area contributed by atoms with E-state index >= 15 is 0 Å². The summed E-state index contributed by atoms with van der Waals surface area (Å²) in [5, 5.41) is 14.1. The van der Waals surface area contributed by atoms with E-state index in [0.717, 1.165) is 25.9 Å². The molecule has 3 heterocycles. The zero-order valence-corrected chi connectivity index (χ0v) is 17.2. The SMILES string of the molecule is CC(=O)NC1CCN(C[C@@]2(O)CCCN(S(=O)(=O)c3cccnc3)CC2)CC1. The quantitative estimate of drug-likeness (QED) is 0.736. The maximum absolute atomic E-state index is 12.8. The van der Waals surface area contributed by atoms with E-state index in [1.807, 2.05) is 0 Å². The average Bonchev–Trinajstić information content (AvgIpc) is 2.86. The van der Waals surface area contributed by atoms with Gasteiger partial charge in [-0.2, -0.15) is 4.31 Å². The van der Waals surface area contributed by atoms with Crippen LogP contribution in [0.4, 0.5) is 0 Å². The lowest BCUT2D eigenvalue weighted by atomic mass is 9.93. The standard InChI is InChI=1S/C19H30N4O4S/c1-16(24)21-17-5-11-22(12-6-17)15-19(25)7-3-10-23(13-8-19)28(26,27)18-4-2-9-20-14-18/h2,4,9,14,17,25H,3,5-8,10-13,15H2,1H3,(H,21,24)/t19-/m1/s1. The van der Waals surface area contributed by atoms with Gasteiger partial charge in [0.15, 0.2) is 0 Å². The van der Waals surface area contributed by atoms with Crippen molar-refractivity contribution >= 4 is 15.9 Å². The van der Waals surface area contributed by atoms with Gasteiger partial charge in [0.05, 0.1) is 5.60 Å². The lowest BCUT2D eigenvalue weighted by Crippen LogP contribution is -2.50. The van der Waals surface area contributed by atoms with Crippen molar-refractivity contribution in [3.05, 3.63) is 24.5 Å². The highest BCUT2D eigenvalue weighted by atomic mass is 32.2. The fraction of sp³-hybridized carbons (Fsp3) is 0.684. The molecule has 2 aliphatic heterocycles. The summed E-state index contributed by atoms with van der Waals surface area (Å²) in [6.07, 6.45) is 6.28. The number of carbonyl (C=O) groups is 1. The highest BCUT2D eigenvalue weighted by molar-refractivity contribution is 7.89. The maximum Gasteiger partial charge on any atom is 0.244 e. The van der Waals surface area contributed by atoms with Gasteiger partial charge in [-0.1, -0.05) is 0 Å². The van der Waals surface area contributed by atoms with E-state index in [-0.39, 0.29) is 16.8 Å². The molecule has 0 spiro atoms. The highest BCUT2D eigenvalue weighted by Crippen LogP contribution is 2.27. The average molecular weight is 411 g/mol. The number of carbonyl (C=O) groups excluding carboxylic acids is 1. The Morgan fingerprint density at radius 3 is 2.68 bits per heavy atom. The highest BCUT2D eigenvalue weighted by Gasteiger charge is 2.36. The molecule has 0 aromatic carbocycles. The molecule has 1 atom stereocenters. The second-order valence-corrected chi connectivity index (χ2v) is 9.86. The van der Waals surface area contributed by atoms with Gasteiger partial charge in [0.2, 0.25) is 15.9 Å². The second kappa shape index (κ2) is 8.86. The molecule has 156 valence electrons. The van der Waals surface area contributed by atoms with Gasteiger partial charge in [0, 0.05) is 58.1 Å². The molecular weight excluding hydrogens is 380 g/mol. The second-order valence-electron chi connectivity index (χ2n) is 7.92. The van der Waals surface area contributed by atoms with Crippen molar-refractivity contribution in [3.63, 3.8) is 0 Å². The van der Waals surface area contributed by atoms with E-state index in [2.05, 4.69) is 15.2 Å². The van der Waals surface area contributed by atoms with Crippen molar-refractivity contribution < 1.29 is 18.3 Å². The molecule has 0 bridgehead atoms. The molecular formula is C19H30N4O4S. The Kier molecular flexibility index (Phi) is 6.69. The summed E-state index contributed by atoms with van der Waals surface area (Å²) in [5.74, 6) is -0.00392. The maximum atomic E-state index is 12.8. The van der Waals surface area contributed by atoms with Crippen molar-refractivity contribution in [3.8, 4) is 0 Å². The Hall–Kier alpha value is -1.55. The molecule has 2 saturated heterocycles. The molecule has 0 radical (unpaired) electrons. The van der Waals surface area contributed by atoms with Gasteiger partial charge >= 0.3 is 0 Å². The summed E-state index contributed by atoms with van der Waals surface area (Å²) in [7, 11) is -3.58.